The third-order valence-electron chi connectivity index (χ3n) is 3.55. The third-order valence-corrected chi connectivity index (χ3v) is 3.55. The highest BCUT2D eigenvalue weighted by molar-refractivity contribution is 5.11. The van der Waals surface area contributed by atoms with E-state index < -0.39 is 36.5 Å². The monoisotopic (exact) mass is 380 g/mol. The van der Waals surface area contributed by atoms with Gasteiger partial charge in [0, 0.05) is 19.2 Å². The molecule has 0 aromatic rings. The van der Waals surface area contributed by atoms with E-state index in [1.54, 1.807) is 5.32 Å². The van der Waals surface area contributed by atoms with Gasteiger partial charge in [-0.1, -0.05) is 26.7 Å². The van der Waals surface area contributed by atoms with E-state index in [1.165, 1.54) is 0 Å². The molecule has 0 aliphatic carbocycles. The molecule has 10 heteroatoms. The smallest absolute Gasteiger partial charge is 0.448 e. The van der Waals surface area contributed by atoms with Gasteiger partial charge in [-0.3, -0.25) is 5.32 Å². The van der Waals surface area contributed by atoms with Crippen LogP contribution in [0.5, 0.6) is 0 Å². The van der Waals surface area contributed by atoms with Crippen molar-refractivity contribution in [1.82, 2.24) is 10.2 Å². The predicted octanol–water partition coefficient (Wildman–Crippen LogP) is 3.73. The quantitative estimate of drug-likeness (QED) is 0.290. The van der Waals surface area contributed by atoms with E-state index in [-0.39, 0.29) is 6.54 Å². The van der Waals surface area contributed by atoms with Crippen LogP contribution in [-0.2, 0) is 0 Å². The van der Waals surface area contributed by atoms with E-state index in [0.29, 0.717) is 13.1 Å². The number of nitrogens with one attached hydrogen (secondary N) is 1. The number of alkyl halides is 6. The first-order chi connectivity index (χ1) is 11.4. The number of allylic oxidation sites excluding steroid dienone is 1. The van der Waals surface area contributed by atoms with Crippen molar-refractivity contribution in [3.63, 3.8) is 0 Å². The second-order valence-electron chi connectivity index (χ2n) is 5.77. The van der Waals surface area contributed by atoms with Crippen LogP contribution < -0.4 is 5.32 Å². The van der Waals surface area contributed by atoms with Crippen LogP contribution in [0, 0.1) is 0 Å². The minimum absolute atomic E-state index is 0.124. The molecule has 1 unspecified atom stereocenters. The zero-order chi connectivity index (χ0) is 19.7. The van der Waals surface area contributed by atoms with Crippen molar-refractivity contribution < 1.29 is 36.6 Å². The summed E-state index contributed by atoms with van der Waals surface area (Å²) in [5, 5.41) is 20.0. The summed E-state index contributed by atoms with van der Waals surface area (Å²) in [6.07, 6.45) is -8.01. The molecule has 150 valence electrons. The molecule has 25 heavy (non-hydrogen) atoms. The van der Waals surface area contributed by atoms with Gasteiger partial charge >= 0.3 is 12.4 Å². The number of aliphatic hydroxyl groups is 2. The standard InChI is InChI=1S/C15H26F6N2O2/c1-3-5-8-23(9-6-4-2)10-7-22-13(25,15(19,20)21)11-12(24)14(16,17)18/h11,22,24-25H,3-10H2,1-2H3/b12-11-. The molecule has 1 atom stereocenters. The van der Waals surface area contributed by atoms with Gasteiger partial charge in [0.15, 0.2) is 5.76 Å². The summed E-state index contributed by atoms with van der Waals surface area (Å²) in [5.41, 5.74) is -3.96. The van der Waals surface area contributed by atoms with Gasteiger partial charge in [0.2, 0.25) is 5.72 Å². The summed E-state index contributed by atoms with van der Waals surface area (Å²) in [7, 11) is 0. The molecule has 0 rings (SSSR count). The van der Waals surface area contributed by atoms with Crippen molar-refractivity contribution in [2.75, 3.05) is 26.2 Å². The largest absolute Gasteiger partial charge is 0.504 e. The van der Waals surface area contributed by atoms with E-state index in [1.807, 2.05) is 18.7 Å². The molecular weight excluding hydrogens is 354 g/mol. The highest BCUT2D eigenvalue weighted by Gasteiger charge is 2.54. The number of halogens is 6. The van der Waals surface area contributed by atoms with Crippen molar-refractivity contribution in [2.45, 2.75) is 57.6 Å². The van der Waals surface area contributed by atoms with Crippen LogP contribution in [0.15, 0.2) is 11.8 Å². The molecule has 0 aromatic heterocycles. The van der Waals surface area contributed by atoms with Crippen LogP contribution in [0.1, 0.15) is 39.5 Å². The maximum absolute atomic E-state index is 12.9. The van der Waals surface area contributed by atoms with Gasteiger partial charge in [0.1, 0.15) is 0 Å². The van der Waals surface area contributed by atoms with E-state index in [0.717, 1.165) is 25.7 Å². The molecule has 0 saturated heterocycles. The molecular formula is C15H26F6N2O2. The van der Waals surface area contributed by atoms with Crippen molar-refractivity contribution in [3.8, 4) is 0 Å². The number of hydrogen-bond donors (Lipinski definition) is 3. The zero-order valence-electron chi connectivity index (χ0n) is 14.3. The summed E-state index contributed by atoms with van der Waals surface area (Å²) in [6.45, 7) is 4.94. The van der Waals surface area contributed by atoms with Crippen molar-refractivity contribution in [3.05, 3.63) is 11.8 Å². The van der Waals surface area contributed by atoms with Crippen LogP contribution in [0.2, 0.25) is 0 Å². The van der Waals surface area contributed by atoms with E-state index in [9.17, 15) is 31.4 Å². The first-order valence-corrected chi connectivity index (χ1v) is 8.12. The number of nitrogens with zero attached hydrogens (tertiary/aromatic N) is 1. The topological polar surface area (TPSA) is 55.7 Å². The first kappa shape index (κ1) is 24.0. The fraction of sp³-hybridized carbons (Fsp3) is 0.867. The van der Waals surface area contributed by atoms with Crippen LogP contribution in [0.4, 0.5) is 26.3 Å². The lowest BCUT2D eigenvalue weighted by Crippen LogP contribution is -2.57. The van der Waals surface area contributed by atoms with Crippen molar-refractivity contribution >= 4 is 0 Å². The van der Waals surface area contributed by atoms with Crippen molar-refractivity contribution in [1.29, 1.82) is 0 Å². The SMILES string of the molecule is CCCCN(CCCC)CCNC(O)(/C=C(\O)C(F)(F)F)C(F)(F)F. The summed E-state index contributed by atoms with van der Waals surface area (Å²) in [6, 6.07) is 0. The molecule has 0 fully saturated rings. The fourth-order valence-corrected chi connectivity index (χ4v) is 2.02. The van der Waals surface area contributed by atoms with Crippen LogP contribution in [0.3, 0.4) is 0 Å². The fourth-order valence-electron chi connectivity index (χ4n) is 2.02. The molecule has 0 spiro atoms. The molecule has 0 aliphatic heterocycles. The van der Waals surface area contributed by atoms with Crippen LogP contribution >= 0.6 is 0 Å². The van der Waals surface area contributed by atoms with Gasteiger partial charge in [-0.25, -0.2) is 0 Å². The molecule has 0 radical (unpaired) electrons. The minimum Gasteiger partial charge on any atom is -0.504 e. The second-order valence-corrected chi connectivity index (χ2v) is 5.77. The maximum Gasteiger partial charge on any atom is 0.448 e. The number of unbranched alkanes of at least 4 members (excludes halogenated alkanes) is 2. The van der Waals surface area contributed by atoms with Gasteiger partial charge in [0.05, 0.1) is 0 Å². The Kier molecular flexibility index (Phi) is 9.81. The van der Waals surface area contributed by atoms with Crippen LogP contribution in [-0.4, -0.2) is 59.4 Å². The van der Waals surface area contributed by atoms with Crippen LogP contribution in [0.25, 0.3) is 0 Å². The lowest BCUT2D eigenvalue weighted by Gasteiger charge is -2.30. The maximum atomic E-state index is 12.9. The predicted molar refractivity (Wildman–Crippen MR) is 82.0 cm³/mol. The third kappa shape index (κ3) is 8.77. The molecule has 0 amide bonds. The number of rotatable bonds is 11. The van der Waals surface area contributed by atoms with E-state index in [2.05, 4.69) is 0 Å². The Bertz CT molecular complexity index is 404. The second kappa shape index (κ2) is 10.2. The lowest BCUT2D eigenvalue weighted by atomic mass is 10.1. The molecule has 4 nitrogen and oxygen atoms in total. The van der Waals surface area contributed by atoms with Crippen molar-refractivity contribution in [2.24, 2.45) is 0 Å². The Morgan fingerprint density at radius 3 is 1.80 bits per heavy atom. The van der Waals surface area contributed by atoms with Gasteiger partial charge in [-0.2, -0.15) is 26.3 Å². The Hall–Kier alpha value is -1.00. The molecule has 3 N–H and O–H groups in total. The molecule has 0 aliphatic rings. The minimum atomic E-state index is -5.43. The molecule has 0 aromatic carbocycles. The summed E-state index contributed by atoms with van der Waals surface area (Å²) < 4.78 is 75.6. The first-order valence-electron chi connectivity index (χ1n) is 8.12. The van der Waals surface area contributed by atoms with E-state index >= 15 is 0 Å². The zero-order valence-corrected chi connectivity index (χ0v) is 14.3. The summed E-state index contributed by atoms with van der Waals surface area (Å²) in [4.78, 5) is 1.88. The Morgan fingerprint density at radius 1 is 0.960 bits per heavy atom. The Morgan fingerprint density at radius 2 is 1.44 bits per heavy atom. The molecule has 0 heterocycles. The molecule has 0 saturated carbocycles. The normalized spacial score (nSPS) is 16.3. The van der Waals surface area contributed by atoms with E-state index in [4.69, 9.17) is 5.11 Å². The van der Waals surface area contributed by atoms with Gasteiger partial charge in [-0.05, 0) is 25.9 Å². The summed E-state index contributed by atoms with van der Waals surface area (Å²) >= 11 is 0. The lowest BCUT2D eigenvalue weighted by molar-refractivity contribution is -0.253. The van der Waals surface area contributed by atoms with Gasteiger partial charge < -0.3 is 15.1 Å². The van der Waals surface area contributed by atoms with Gasteiger partial charge in [0.25, 0.3) is 0 Å². The number of aliphatic hydroxyl groups excluding tert-OH is 1. The highest BCUT2D eigenvalue weighted by atomic mass is 19.4. The summed E-state index contributed by atoms with van der Waals surface area (Å²) in [5.74, 6) is -2.51. The average molecular weight is 380 g/mol. The number of hydrogen-bond acceptors (Lipinski definition) is 4. The Labute approximate surface area is 143 Å². The Balaban J connectivity index is 4.99. The average Bonchev–Trinajstić information content (AvgIpc) is 2.47. The van der Waals surface area contributed by atoms with Gasteiger partial charge in [-0.15, -0.1) is 0 Å². The highest BCUT2D eigenvalue weighted by Crippen LogP contribution is 2.33. The molecule has 0 bridgehead atoms.